The Balaban J connectivity index is 1.65. The molecule has 8 heteroatoms. The molecule has 0 aliphatic rings. The van der Waals surface area contributed by atoms with Crippen LogP contribution in [0.4, 0.5) is 0 Å². The van der Waals surface area contributed by atoms with Crippen LogP contribution in [-0.4, -0.2) is 19.7 Å². The van der Waals surface area contributed by atoms with Gasteiger partial charge in [0.15, 0.2) is 0 Å². The Morgan fingerprint density at radius 3 is 2.83 bits per heavy atom. The van der Waals surface area contributed by atoms with Gasteiger partial charge in [0.05, 0.1) is 11.8 Å². The molecule has 23 heavy (non-hydrogen) atoms. The van der Waals surface area contributed by atoms with Crippen molar-refractivity contribution in [1.82, 2.24) is 19.7 Å². The van der Waals surface area contributed by atoms with E-state index in [9.17, 15) is 4.79 Å². The van der Waals surface area contributed by atoms with Crippen molar-refractivity contribution in [3.63, 3.8) is 0 Å². The van der Waals surface area contributed by atoms with Gasteiger partial charge in [-0.15, -0.1) is 21.5 Å². The Hall–Kier alpha value is -2.32. The molecule has 0 aliphatic carbocycles. The summed E-state index contributed by atoms with van der Waals surface area (Å²) in [5.74, 6) is 0.786. The number of nitrogens with zero attached hydrogens (tertiary/aromatic N) is 4. The Morgan fingerprint density at radius 1 is 1.17 bits per heavy atom. The molecule has 0 atom stereocenters. The summed E-state index contributed by atoms with van der Waals surface area (Å²) in [7, 11) is 0. The number of hydrogen-bond donors (Lipinski definition) is 0. The van der Waals surface area contributed by atoms with Crippen molar-refractivity contribution < 1.29 is 4.42 Å². The van der Waals surface area contributed by atoms with Gasteiger partial charge >= 0.3 is 0 Å². The summed E-state index contributed by atoms with van der Waals surface area (Å²) in [5, 5.41) is 9.88. The molecule has 0 saturated heterocycles. The van der Waals surface area contributed by atoms with Crippen LogP contribution in [0.15, 0.2) is 55.7 Å². The lowest BCUT2D eigenvalue weighted by Gasteiger charge is -2.01. The third-order valence-electron chi connectivity index (χ3n) is 3.30. The largest absolute Gasteiger partial charge is 0.419 e. The van der Waals surface area contributed by atoms with Gasteiger partial charge in [0.1, 0.15) is 11.2 Å². The zero-order valence-corrected chi connectivity index (χ0v) is 14.0. The van der Waals surface area contributed by atoms with Crippen LogP contribution in [0, 0.1) is 0 Å². The number of rotatable bonds is 3. The second kappa shape index (κ2) is 5.71. The SMILES string of the molecule is O=c1c2sccc2ncn1Cc1nnc(-c2ccc(Br)cc2)o1. The lowest BCUT2D eigenvalue weighted by atomic mass is 10.2. The van der Waals surface area contributed by atoms with Crippen molar-refractivity contribution in [1.29, 1.82) is 0 Å². The van der Waals surface area contributed by atoms with Crippen molar-refractivity contribution in [2.24, 2.45) is 0 Å². The van der Waals surface area contributed by atoms with Gasteiger partial charge in [0, 0.05) is 10.0 Å². The molecule has 4 rings (SSSR count). The van der Waals surface area contributed by atoms with E-state index in [0.717, 1.165) is 10.0 Å². The maximum absolute atomic E-state index is 12.3. The molecule has 0 bridgehead atoms. The van der Waals surface area contributed by atoms with Gasteiger partial charge in [-0.2, -0.15) is 0 Å². The van der Waals surface area contributed by atoms with Crippen LogP contribution < -0.4 is 5.56 Å². The Morgan fingerprint density at radius 2 is 2.00 bits per heavy atom. The fourth-order valence-electron chi connectivity index (χ4n) is 2.16. The van der Waals surface area contributed by atoms with Crippen LogP contribution in [0.3, 0.4) is 0 Å². The summed E-state index contributed by atoms with van der Waals surface area (Å²) < 4.78 is 8.71. The maximum atomic E-state index is 12.3. The molecule has 0 saturated carbocycles. The van der Waals surface area contributed by atoms with Crippen molar-refractivity contribution in [3.8, 4) is 11.5 Å². The smallest absolute Gasteiger partial charge is 0.271 e. The zero-order chi connectivity index (χ0) is 15.8. The van der Waals surface area contributed by atoms with Crippen molar-refractivity contribution >= 4 is 37.5 Å². The molecule has 0 unspecified atom stereocenters. The predicted molar refractivity (Wildman–Crippen MR) is 90.4 cm³/mol. The zero-order valence-electron chi connectivity index (χ0n) is 11.6. The third-order valence-corrected chi connectivity index (χ3v) is 4.72. The molecule has 114 valence electrons. The first kappa shape index (κ1) is 14.3. The highest BCUT2D eigenvalue weighted by molar-refractivity contribution is 9.10. The van der Waals surface area contributed by atoms with E-state index in [-0.39, 0.29) is 12.1 Å². The van der Waals surface area contributed by atoms with Crippen LogP contribution in [0.5, 0.6) is 0 Å². The maximum Gasteiger partial charge on any atom is 0.271 e. The van der Waals surface area contributed by atoms with E-state index in [0.29, 0.717) is 22.0 Å². The summed E-state index contributed by atoms with van der Waals surface area (Å²) in [4.78, 5) is 16.6. The standard InChI is InChI=1S/C15H9BrN4O2S/c16-10-3-1-9(2-4-10)14-19-18-12(22-14)7-20-8-17-11-5-6-23-13(11)15(20)21/h1-6,8H,7H2. The summed E-state index contributed by atoms with van der Waals surface area (Å²) in [6.07, 6.45) is 1.50. The monoisotopic (exact) mass is 388 g/mol. The molecule has 6 nitrogen and oxygen atoms in total. The summed E-state index contributed by atoms with van der Waals surface area (Å²) in [6.45, 7) is 0.198. The van der Waals surface area contributed by atoms with Crippen molar-refractivity contribution in [3.05, 3.63) is 62.8 Å². The minimum atomic E-state index is -0.103. The molecular formula is C15H9BrN4O2S. The van der Waals surface area contributed by atoms with Crippen LogP contribution in [-0.2, 0) is 6.54 Å². The number of hydrogen-bond acceptors (Lipinski definition) is 6. The average Bonchev–Trinajstić information content (AvgIpc) is 3.20. The van der Waals surface area contributed by atoms with Crippen molar-refractivity contribution in [2.45, 2.75) is 6.54 Å². The minimum absolute atomic E-state index is 0.103. The molecule has 0 fully saturated rings. The first-order valence-corrected chi connectivity index (χ1v) is 8.39. The quantitative estimate of drug-likeness (QED) is 0.538. The predicted octanol–water partition coefficient (Wildman–Crippen LogP) is 3.32. The van der Waals surface area contributed by atoms with Crippen LogP contribution in [0.2, 0.25) is 0 Å². The van der Waals surface area contributed by atoms with Gasteiger partial charge in [0.25, 0.3) is 5.56 Å². The van der Waals surface area contributed by atoms with Crippen LogP contribution in [0.25, 0.3) is 21.7 Å². The van der Waals surface area contributed by atoms with Crippen molar-refractivity contribution in [2.75, 3.05) is 0 Å². The van der Waals surface area contributed by atoms with Gasteiger partial charge in [-0.05, 0) is 35.7 Å². The van der Waals surface area contributed by atoms with E-state index in [1.165, 1.54) is 22.2 Å². The fourth-order valence-corrected chi connectivity index (χ4v) is 3.22. The fraction of sp³-hybridized carbons (Fsp3) is 0.0667. The number of fused-ring (bicyclic) bond motifs is 1. The molecular weight excluding hydrogens is 380 g/mol. The van der Waals surface area contributed by atoms with Gasteiger partial charge in [0.2, 0.25) is 11.8 Å². The van der Waals surface area contributed by atoms with E-state index in [4.69, 9.17) is 4.42 Å². The minimum Gasteiger partial charge on any atom is -0.419 e. The Kier molecular flexibility index (Phi) is 3.55. The number of halogens is 1. The van der Waals surface area contributed by atoms with Crippen LogP contribution >= 0.6 is 27.3 Å². The van der Waals surface area contributed by atoms with Gasteiger partial charge in [-0.3, -0.25) is 9.36 Å². The molecule has 3 aromatic heterocycles. The molecule has 0 amide bonds. The second-order valence-electron chi connectivity index (χ2n) is 4.82. The van der Waals surface area contributed by atoms with Gasteiger partial charge in [-0.1, -0.05) is 15.9 Å². The van der Waals surface area contributed by atoms with Gasteiger partial charge < -0.3 is 4.42 Å². The summed E-state index contributed by atoms with van der Waals surface area (Å²) >= 11 is 4.76. The Bertz CT molecular complexity index is 1040. The number of thiophene rings is 1. The molecule has 0 radical (unpaired) electrons. The first-order chi connectivity index (χ1) is 11.2. The van der Waals surface area contributed by atoms with Crippen LogP contribution in [0.1, 0.15) is 5.89 Å². The second-order valence-corrected chi connectivity index (χ2v) is 6.65. The number of aromatic nitrogens is 4. The molecule has 4 aromatic rings. The summed E-state index contributed by atoms with van der Waals surface area (Å²) in [6, 6.07) is 9.39. The molecule has 3 heterocycles. The highest BCUT2D eigenvalue weighted by Gasteiger charge is 2.11. The molecule has 0 aliphatic heterocycles. The van der Waals surface area contributed by atoms with E-state index in [1.807, 2.05) is 35.7 Å². The van der Waals surface area contributed by atoms with E-state index < -0.39 is 0 Å². The summed E-state index contributed by atoms with van der Waals surface area (Å²) in [5.41, 5.74) is 1.43. The molecule has 0 N–H and O–H groups in total. The highest BCUT2D eigenvalue weighted by atomic mass is 79.9. The first-order valence-electron chi connectivity index (χ1n) is 6.72. The average molecular weight is 389 g/mol. The third kappa shape index (κ3) is 2.71. The van der Waals surface area contributed by atoms with Gasteiger partial charge in [-0.25, -0.2) is 4.98 Å². The van der Waals surface area contributed by atoms with E-state index in [1.54, 1.807) is 0 Å². The highest BCUT2D eigenvalue weighted by Crippen LogP contribution is 2.20. The normalized spacial score (nSPS) is 11.2. The topological polar surface area (TPSA) is 73.8 Å². The Labute approximate surface area is 142 Å². The number of benzene rings is 1. The molecule has 1 aromatic carbocycles. The van der Waals surface area contributed by atoms with E-state index in [2.05, 4.69) is 31.1 Å². The van der Waals surface area contributed by atoms with E-state index >= 15 is 0 Å². The lowest BCUT2D eigenvalue weighted by molar-refractivity contribution is 0.483. The molecule has 0 spiro atoms. The lowest BCUT2D eigenvalue weighted by Crippen LogP contribution is -2.20.